The number of rotatable bonds is 47. The highest BCUT2D eigenvalue weighted by Gasteiger charge is 2.53. The Hall–Kier alpha value is -1.21. The van der Waals surface area contributed by atoms with Gasteiger partial charge in [0.25, 0.3) is 0 Å². The fourth-order valence-electron chi connectivity index (χ4n) is 11.0. The highest BCUT2D eigenvalue weighted by Crippen LogP contribution is 2.33. The maximum Gasteiger partial charge on any atom is 0.220 e. The lowest BCUT2D eigenvalue weighted by molar-refractivity contribution is -0.379. The first-order valence-corrected chi connectivity index (χ1v) is 31.3. The van der Waals surface area contributed by atoms with Crippen molar-refractivity contribution in [3.63, 3.8) is 0 Å². The molecule has 0 aliphatic carbocycles. The van der Waals surface area contributed by atoms with Gasteiger partial charge in [-0.3, -0.25) is 4.79 Å². The van der Waals surface area contributed by atoms with Crippen LogP contribution in [-0.4, -0.2) is 193 Å². The minimum atomic E-state index is -1.97. The van der Waals surface area contributed by atoms with E-state index in [1.807, 2.05) is 0 Å². The van der Waals surface area contributed by atoms with Gasteiger partial charge in [-0.2, -0.15) is 0 Å². The molecule has 1 amide bonds. The molecule has 0 spiro atoms. The Morgan fingerprint density at radius 1 is 0.410 bits per heavy atom. The molecule has 0 aromatic carbocycles. The fourth-order valence-corrected chi connectivity index (χ4v) is 11.0. The molecule has 0 aromatic heterocycles. The van der Waals surface area contributed by atoms with Gasteiger partial charge in [-0.05, 0) is 12.8 Å². The zero-order valence-corrected chi connectivity index (χ0v) is 48.2. The SMILES string of the molecule is CCCCCCCCCCCCCCCCCCCCCCCCCCCCC(O)C(COC1OC(CO)C(OC2OC(CO)C(OC3OC(CO)C(O)C(O)C3O)C(O)C2O)C(O)C1O)NC(=O)CCCCCCCCC. The predicted molar refractivity (Wildman–Crippen MR) is 296 cm³/mol. The summed E-state index contributed by atoms with van der Waals surface area (Å²) < 4.78 is 34.2. The molecule has 0 saturated carbocycles. The Balaban J connectivity index is 1.38. The van der Waals surface area contributed by atoms with Crippen molar-refractivity contribution < 1.29 is 89.4 Å². The van der Waals surface area contributed by atoms with E-state index in [-0.39, 0.29) is 18.9 Å². The Morgan fingerprint density at radius 2 is 0.731 bits per heavy atom. The van der Waals surface area contributed by atoms with E-state index < -0.39 is 124 Å². The highest BCUT2D eigenvalue weighted by molar-refractivity contribution is 5.76. The number of amides is 1. The number of aliphatic hydroxyl groups excluding tert-OH is 11. The Kier molecular flexibility index (Phi) is 39.6. The van der Waals surface area contributed by atoms with Crippen molar-refractivity contribution in [2.45, 2.75) is 343 Å². The van der Waals surface area contributed by atoms with Gasteiger partial charge in [-0.15, -0.1) is 0 Å². The molecule has 78 heavy (non-hydrogen) atoms. The van der Waals surface area contributed by atoms with Gasteiger partial charge in [0.15, 0.2) is 18.9 Å². The van der Waals surface area contributed by atoms with Gasteiger partial charge >= 0.3 is 0 Å². The van der Waals surface area contributed by atoms with E-state index in [1.54, 1.807) is 0 Å². The van der Waals surface area contributed by atoms with Crippen LogP contribution >= 0.6 is 0 Å². The number of hydrogen-bond donors (Lipinski definition) is 12. The van der Waals surface area contributed by atoms with Crippen LogP contribution in [0.3, 0.4) is 0 Å². The molecule has 3 aliphatic rings. The number of nitrogens with one attached hydrogen (secondary N) is 1. The molecule has 0 radical (unpaired) electrons. The van der Waals surface area contributed by atoms with Crippen molar-refractivity contribution in [3.8, 4) is 0 Å². The molecule has 17 unspecified atom stereocenters. The third kappa shape index (κ3) is 27.0. The Morgan fingerprint density at radius 3 is 1.12 bits per heavy atom. The van der Waals surface area contributed by atoms with Gasteiger partial charge < -0.3 is 89.9 Å². The predicted octanol–water partition coefficient (Wildman–Crippen LogP) is 5.99. The topological polar surface area (TPSA) is 307 Å². The molecular formula is C59H113NO18. The molecule has 19 heteroatoms. The summed E-state index contributed by atoms with van der Waals surface area (Å²) in [5.74, 6) is -0.247. The summed E-state index contributed by atoms with van der Waals surface area (Å²) in [5.41, 5.74) is 0. The van der Waals surface area contributed by atoms with Crippen LogP contribution in [0.15, 0.2) is 0 Å². The number of carbonyl (C=O) groups is 1. The van der Waals surface area contributed by atoms with Gasteiger partial charge in [-0.1, -0.05) is 219 Å². The minimum absolute atomic E-state index is 0.247. The summed E-state index contributed by atoms with van der Waals surface area (Å²) in [6.07, 6.45) is 15.3. The molecular weight excluding hydrogens is 1010 g/mol. The van der Waals surface area contributed by atoms with Crippen molar-refractivity contribution in [1.29, 1.82) is 0 Å². The van der Waals surface area contributed by atoms with Gasteiger partial charge in [0.05, 0.1) is 38.6 Å². The first-order chi connectivity index (χ1) is 37.8. The molecule has 3 aliphatic heterocycles. The van der Waals surface area contributed by atoms with Crippen molar-refractivity contribution in [2.75, 3.05) is 26.4 Å². The summed E-state index contributed by atoms with van der Waals surface area (Å²) in [7, 11) is 0. The zero-order chi connectivity index (χ0) is 56.9. The summed E-state index contributed by atoms with van der Waals surface area (Å²) >= 11 is 0. The lowest BCUT2D eigenvalue weighted by atomic mass is 9.96. The van der Waals surface area contributed by atoms with E-state index in [9.17, 15) is 61.0 Å². The smallest absolute Gasteiger partial charge is 0.220 e. The molecule has 19 nitrogen and oxygen atoms in total. The van der Waals surface area contributed by atoms with E-state index in [4.69, 9.17) is 28.4 Å². The maximum atomic E-state index is 13.2. The quantitative estimate of drug-likeness (QED) is 0.0312. The van der Waals surface area contributed by atoms with Crippen LogP contribution in [-0.2, 0) is 33.2 Å². The number of carbonyl (C=O) groups excluding carboxylic acids is 1. The van der Waals surface area contributed by atoms with Gasteiger partial charge in [-0.25, -0.2) is 0 Å². The first-order valence-electron chi connectivity index (χ1n) is 31.3. The van der Waals surface area contributed by atoms with Crippen LogP contribution in [0, 0.1) is 0 Å². The second-order valence-corrected chi connectivity index (χ2v) is 22.9. The third-order valence-corrected chi connectivity index (χ3v) is 16.2. The van der Waals surface area contributed by atoms with Crippen molar-refractivity contribution in [2.24, 2.45) is 0 Å². The van der Waals surface area contributed by atoms with Gasteiger partial charge in [0.2, 0.25) is 5.91 Å². The van der Waals surface area contributed by atoms with E-state index in [1.165, 1.54) is 154 Å². The van der Waals surface area contributed by atoms with Crippen LogP contribution < -0.4 is 5.32 Å². The number of unbranched alkanes of at least 4 members (excludes halogenated alkanes) is 31. The fraction of sp³-hybridized carbons (Fsp3) is 0.983. The molecule has 3 heterocycles. The van der Waals surface area contributed by atoms with E-state index in [0.29, 0.717) is 12.8 Å². The Labute approximate surface area is 468 Å². The lowest BCUT2D eigenvalue weighted by Crippen LogP contribution is -2.66. The molecule has 3 rings (SSSR count). The summed E-state index contributed by atoms with van der Waals surface area (Å²) in [5, 5.41) is 120. The van der Waals surface area contributed by atoms with E-state index in [0.717, 1.165) is 51.4 Å². The summed E-state index contributed by atoms with van der Waals surface area (Å²) in [4.78, 5) is 13.2. The van der Waals surface area contributed by atoms with Crippen LogP contribution in [0.25, 0.3) is 0 Å². The largest absolute Gasteiger partial charge is 0.394 e. The first kappa shape index (κ1) is 71.1. The molecule has 17 atom stereocenters. The van der Waals surface area contributed by atoms with Crippen LogP contribution in [0.5, 0.6) is 0 Å². The number of hydrogen-bond acceptors (Lipinski definition) is 18. The molecule has 462 valence electrons. The number of ether oxygens (including phenoxy) is 6. The average Bonchev–Trinajstić information content (AvgIpc) is 3.47. The van der Waals surface area contributed by atoms with Crippen molar-refractivity contribution >= 4 is 5.91 Å². The van der Waals surface area contributed by atoms with Crippen molar-refractivity contribution in [3.05, 3.63) is 0 Å². The van der Waals surface area contributed by atoms with Gasteiger partial charge in [0.1, 0.15) is 73.2 Å². The molecule has 12 N–H and O–H groups in total. The third-order valence-electron chi connectivity index (χ3n) is 16.2. The normalized spacial score (nSPS) is 30.4. The average molecular weight is 1120 g/mol. The minimum Gasteiger partial charge on any atom is -0.394 e. The second-order valence-electron chi connectivity index (χ2n) is 22.9. The summed E-state index contributed by atoms with van der Waals surface area (Å²) in [6, 6.07) is -0.878. The summed E-state index contributed by atoms with van der Waals surface area (Å²) in [6.45, 7) is 1.75. The van der Waals surface area contributed by atoms with E-state index >= 15 is 0 Å². The maximum absolute atomic E-state index is 13.2. The molecule has 3 fully saturated rings. The van der Waals surface area contributed by atoms with Crippen LogP contribution in [0.4, 0.5) is 0 Å². The highest BCUT2D eigenvalue weighted by atomic mass is 16.8. The standard InChI is InChI=1S/C59H113NO18/c1-3-5-7-9-11-12-13-14-15-16-17-18-19-20-21-22-23-24-25-26-27-28-29-31-32-34-36-43(64)42(60-47(65)37-35-33-30-10-8-6-4-2)41-73-57-53(71)50(68)55(45(39-62)75-57)78-59-54(72)51(69)56(46(40-63)76-59)77-58-52(70)49(67)48(66)44(38-61)74-58/h42-46,48-59,61-64,66-72H,3-41H2,1-2H3,(H,60,65). The number of aliphatic hydroxyl groups is 11. The molecule has 0 aromatic rings. The molecule has 3 saturated heterocycles. The zero-order valence-electron chi connectivity index (χ0n) is 48.2. The van der Waals surface area contributed by atoms with E-state index in [2.05, 4.69) is 19.2 Å². The monoisotopic (exact) mass is 1120 g/mol. The van der Waals surface area contributed by atoms with Gasteiger partial charge in [0, 0.05) is 6.42 Å². The lowest BCUT2D eigenvalue weighted by Gasteiger charge is -2.48. The second kappa shape index (κ2) is 43.4. The van der Waals surface area contributed by atoms with Crippen LogP contribution in [0.2, 0.25) is 0 Å². The van der Waals surface area contributed by atoms with Crippen molar-refractivity contribution in [1.82, 2.24) is 5.32 Å². The van der Waals surface area contributed by atoms with Crippen LogP contribution in [0.1, 0.15) is 239 Å². The molecule has 0 bridgehead atoms. The Bertz CT molecular complexity index is 1440.